The van der Waals surface area contributed by atoms with Gasteiger partial charge in [-0.05, 0) is 49.0 Å². The Kier molecular flexibility index (Phi) is 7.43. The van der Waals surface area contributed by atoms with Gasteiger partial charge >= 0.3 is 0 Å². The second kappa shape index (κ2) is 10.9. The van der Waals surface area contributed by atoms with Crippen LogP contribution >= 0.6 is 11.6 Å². The van der Waals surface area contributed by atoms with Crippen LogP contribution in [0.15, 0.2) is 53.1 Å². The summed E-state index contributed by atoms with van der Waals surface area (Å²) in [5.74, 6) is 1.23. The van der Waals surface area contributed by atoms with E-state index in [-0.39, 0.29) is 5.91 Å². The summed E-state index contributed by atoms with van der Waals surface area (Å²) in [6.45, 7) is 8.82. The van der Waals surface area contributed by atoms with E-state index < -0.39 is 0 Å². The van der Waals surface area contributed by atoms with Gasteiger partial charge in [-0.15, -0.1) is 0 Å². The molecule has 0 radical (unpaired) electrons. The molecule has 2 saturated heterocycles. The molecule has 0 unspecified atom stereocenters. The van der Waals surface area contributed by atoms with Crippen LogP contribution in [0.3, 0.4) is 0 Å². The predicted molar refractivity (Wildman–Crippen MR) is 135 cm³/mol. The summed E-state index contributed by atoms with van der Waals surface area (Å²) in [5.41, 5.74) is 2.88. The van der Waals surface area contributed by atoms with Crippen molar-refractivity contribution in [3.05, 3.63) is 70.6 Å². The molecule has 35 heavy (non-hydrogen) atoms. The Morgan fingerprint density at radius 1 is 0.857 bits per heavy atom. The van der Waals surface area contributed by atoms with Crippen molar-refractivity contribution in [1.29, 1.82) is 0 Å². The minimum absolute atomic E-state index is 0.0959. The van der Waals surface area contributed by atoms with E-state index in [2.05, 4.69) is 44.0 Å². The molecule has 5 rings (SSSR count). The van der Waals surface area contributed by atoms with Gasteiger partial charge in [0, 0.05) is 75.1 Å². The van der Waals surface area contributed by atoms with Crippen LogP contribution in [0.4, 0.5) is 0 Å². The molecule has 0 N–H and O–H groups in total. The van der Waals surface area contributed by atoms with E-state index in [4.69, 9.17) is 16.1 Å². The average molecular weight is 495 g/mol. The first-order valence-corrected chi connectivity index (χ1v) is 12.5. The van der Waals surface area contributed by atoms with Crippen molar-refractivity contribution in [3.63, 3.8) is 0 Å². The smallest absolute Gasteiger partial charge is 0.253 e. The van der Waals surface area contributed by atoms with Crippen LogP contribution in [0.2, 0.25) is 5.02 Å². The first kappa shape index (κ1) is 23.9. The highest BCUT2D eigenvalue weighted by molar-refractivity contribution is 6.30. The molecule has 0 saturated carbocycles. The van der Waals surface area contributed by atoms with Crippen LogP contribution < -0.4 is 0 Å². The minimum atomic E-state index is 0.0959. The van der Waals surface area contributed by atoms with E-state index in [9.17, 15) is 4.79 Å². The SMILES string of the molecule is CN1CCN(Cc2ccc(C(=O)N3CCN(Cc4nc(-c5ccc(Cl)cc5)no4)CC3)cc2)CC1. The number of amides is 1. The molecule has 2 aliphatic heterocycles. The number of piperazine rings is 2. The maximum absolute atomic E-state index is 13.0. The quantitative estimate of drug-likeness (QED) is 0.521. The maximum Gasteiger partial charge on any atom is 0.253 e. The molecule has 2 aromatic carbocycles. The summed E-state index contributed by atoms with van der Waals surface area (Å²) >= 11 is 5.95. The molecule has 8 nitrogen and oxygen atoms in total. The van der Waals surface area contributed by atoms with Crippen LogP contribution in [-0.4, -0.2) is 95.1 Å². The molecule has 3 aromatic rings. The molecule has 0 aliphatic carbocycles. The van der Waals surface area contributed by atoms with Crippen molar-refractivity contribution < 1.29 is 9.32 Å². The minimum Gasteiger partial charge on any atom is -0.338 e. The number of halogens is 1. The van der Waals surface area contributed by atoms with Gasteiger partial charge in [0.2, 0.25) is 11.7 Å². The zero-order chi connectivity index (χ0) is 24.2. The fraction of sp³-hybridized carbons (Fsp3) is 0.423. The van der Waals surface area contributed by atoms with E-state index in [1.54, 1.807) is 0 Å². The second-order valence-corrected chi connectivity index (χ2v) is 9.80. The summed E-state index contributed by atoms with van der Waals surface area (Å²) in [6.07, 6.45) is 0. The van der Waals surface area contributed by atoms with Crippen LogP contribution in [0, 0.1) is 0 Å². The van der Waals surface area contributed by atoms with Gasteiger partial charge < -0.3 is 14.3 Å². The first-order valence-electron chi connectivity index (χ1n) is 12.1. The molecule has 2 fully saturated rings. The van der Waals surface area contributed by atoms with E-state index in [1.807, 2.05) is 41.3 Å². The lowest BCUT2D eigenvalue weighted by molar-refractivity contribution is 0.0615. The highest BCUT2D eigenvalue weighted by atomic mass is 35.5. The largest absolute Gasteiger partial charge is 0.338 e. The van der Waals surface area contributed by atoms with Gasteiger partial charge in [0.25, 0.3) is 5.91 Å². The summed E-state index contributed by atoms with van der Waals surface area (Å²) in [5, 5.41) is 4.76. The number of carbonyl (C=O) groups excluding carboxylic acids is 1. The molecule has 0 bridgehead atoms. The summed E-state index contributed by atoms with van der Waals surface area (Å²) < 4.78 is 5.44. The van der Waals surface area contributed by atoms with Gasteiger partial charge in [-0.2, -0.15) is 4.98 Å². The highest BCUT2D eigenvalue weighted by Gasteiger charge is 2.24. The van der Waals surface area contributed by atoms with Gasteiger partial charge in [0.15, 0.2) is 0 Å². The Bertz CT molecular complexity index is 1120. The monoisotopic (exact) mass is 494 g/mol. The van der Waals surface area contributed by atoms with Crippen molar-refractivity contribution in [2.75, 3.05) is 59.4 Å². The van der Waals surface area contributed by atoms with Crippen molar-refractivity contribution in [2.24, 2.45) is 0 Å². The van der Waals surface area contributed by atoms with E-state index in [0.29, 0.717) is 36.4 Å². The summed E-state index contributed by atoms with van der Waals surface area (Å²) in [7, 11) is 2.17. The first-order chi connectivity index (χ1) is 17.0. The Labute approximate surface area is 211 Å². The summed E-state index contributed by atoms with van der Waals surface area (Å²) in [6, 6.07) is 15.5. The lowest BCUT2D eigenvalue weighted by Gasteiger charge is -2.34. The highest BCUT2D eigenvalue weighted by Crippen LogP contribution is 2.20. The molecule has 9 heteroatoms. The molecular weight excluding hydrogens is 464 g/mol. The normalized spacial score (nSPS) is 18.2. The number of hydrogen-bond acceptors (Lipinski definition) is 7. The third-order valence-electron chi connectivity index (χ3n) is 6.79. The maximum atomic E-state index is 13.0. The van der Waals surface area contributed by atoms with Crippen molar-refractivity contribution in [2.45, 2.75) is 13.1 Å². The van der Waals surface area contributed by atoms with Crippen LogP contribution in [0.25, 0.3) is 11.4 Å². The second-order valence-electron chi connectivity index (χ2n) is 9.36. The van der Waals surface area contributed by atoms with Crippen LogP contribution in [-0.2, 0) is 13.1 Å². The lowest BCUT2D eigenvalue weighted by atomic mass is 10.1. The standard InChI is InChI=1S/C26H31ClN6O2/c1-30-10-12-31(13-11-30)18-20-2-4-22(5-3-20)26(34)33-16-14-32(15-17-33)19-24-28-25(29-35-24)21-6-8-23(27)9-7-21/h2-9H,10-19H2,1H3. The Morgan fingerprint density at radius 2 is 1.49 bits per heavy atom. The average Bonchev–Trinajstić information content (AvgIpc) is 3.35. The van der Waals surface area contributed by atoms with Gasteiger partial charge in [-0.1, -0.05) is 28.9 Å². The van der Waals surface area contributed by atoms with E-state index in [0.717, 1.165) is 56.9 Å². The predicted octanol–water partition coefficient (Wildman–Crippen LogP) is 3.10. The molecule has 0 spiro atoms. The number of aromatic nitrogens is 2. The van der Waals surface area contributed by atoms with Crippen molar-refractivity contribution in [3.8, 4) is 11.4 Å². The number of likely N-dealkylation sites (N-methyl/N-ethyl adjacent to an activating group) is 1. The molecule has 1 aromatic heterocycles. The fourth-order valence-electron chi connectivity index (χ4n) is 4.54. The number of hydrogen-bond donors (Lipinski definition) is 0. The summed E-state index contributed by atoms with van der Waals surface area (Å²) in [4.78, 5) is 26.5. The van der Waals surface area contributed by atoms with Gasteiger partial charge in [-0.3, -0.25) is 14.6 Å². The van der Waals surface area contributed by atoms with E-state index >= 15 is 0 Å². The molecular formula is C26H31ClN6O2. The van der Waals surface area contributed by atoms with Gasteiger partial charge in [-0.25, -0.2) is 0 Å². The van der Waals surface area contributed by atoms with Gasteiger partial charge in [0.1, 0.15) is 0 Å². The molecule has 1 amide bonds. The fourth-order valence-corrected chi connectivity index (χ4v) is 4.66. The third-order valence-corrected chi connectivity index (χ3v) is 7.04. The molecule has 0 atom stereocenters. The zero-order valence-electron chi connectivity index (χ0n) is 20.1. The number of carbonyl (C=O) groups is 1. The third kappa shape index (κ3) is 6.08. The van der Waals surface area contributed by atoms with Gasteiger partial charge in [0.05, 0.1) is 6.54 Å². The van der Waals surface area contributed by atoms with Crippen LogP contribution in [0.1, 0.15) is 21.8 Å². The number of nitrogens with zero attached hydrogens (tertiary/aromatic N) is 6. The zero-order valence-corrected chi connectivity index (χ0v) is 20.8. The molecule has 2 aliphatic rings. The van der Waals surface area contributed by atoms with Crippen molar-refractivity contribution in [1.82, 2.24) is 29.7 Å². The van der Waals surface area contributed by atoms with E-state index in [1.165, 1.54) is 5.56 Å². The molecule has 184 valence electrons. The Balaban J connectivity index is 1.10. The number of benzene rings is 2. The van der Waals surface area contributed by atoms with Crippen LogP contribution in [0.5, 0.6) is 0 Å². The lowest BCUT2D eigenvalue weighted by Crippen LogP contribution is -2.48. The Hall–Kier alpha value is -2.78. The number of rotatable bonds is 6. The van der Waals surface area contributed by atoms with Crippen molar-refractivity contribution >= 4 is 17.5 Å². The Morgan fingerprint density at radius 3 is 2.17 bits per heavy atom. The molecule has 3 heterocycles. The topological polar surface area (TPSA) is 69.0 Å².